The van der Waals surface area contributed by atoms with Gasteiger partial charge in [0.1, 0.15) is 0 Å². The summed E-state index contributed by atoms with van der Waals surface area (Å²) in [6.45, 7) is 4.70. The molecule has 2 atom stereocenters. The molecule has 0 aliphatic carbocycles. The van der Waals surface area contributed by atoms with E-state index in [9.17, 15) is 4.79 Å². The largest absolute Gasteiger partial charge is 0.378 e. The highest BCUT2D eigenvalue weighted by Gasteiger charge is 2.23. The van der Waals surface area contributed by atoms with Gasteiger partial charge in [0.05, 0.1) is 6.10 Å². The van der Waals surface area contributed by atoms with E-state index in [2.05, 4.69) is 17.6 Å². The monoisotopic (exact) mass is 200 g/mol. The molecule has 0 aromatic rings. The van der Waals surface area contributed by atoms with Gasteiger partial charge >= 0.3 is 0 Å². The summed E-state index contributed by atoms with van der Waals surface area (Å²) in [4.78, 5) is 10.9. The average Bonchev–Trinajstić information content (AvgIpc) is 2.58. The molecule has 1 heterocycles. The van der Waals surface area contributed by atoms with E-state index in [0.717, 1.165) is 26.1 Å². The van der Waals surface area contributed by atoms with Gasteiger partial charge in [-0.2, -0.15) is 0 Å². The standard InChI is InChI=1S/C10H20N2O2/c1-8-9(4-6-14-8)7-12-5-3-10(13)11-2/h8-9,12H,3-7H2,1-2H3,(H,11,13). The molecule has 14 heavy (non-hydrogen) atoms. The van der Waals surface area contributed by atoms with E-state index < -0.39 is 0 Å². The predicted octanol–water partition coefficient (Wildman–Crippen LogP) is 0.137. The van der Waals surface area contributed by atoms with Gasteiger partial charge in [0, 0.05) is 33.2 Å². The van der Waals surface area contributed by atoms with Gasteiger partial charge in [-0.15, -0.1) is 0 Å². The van der Waals surface area contributed by atoms with Crippen LogP contribution in [0.5, 0.6) is 0 Å². The summed E-state index contributed by atoms with van der Waals surface area (Å²) in [7, 11) is 1.66. The van der Waals surface area contributed by atoms with Crippen LogP contribution in [0.2, 0.25) is 0 Å². The normalized spacial score (nSPS) is 26.4. The van der Waals surface area contributed by atoms with E-state index in [1.54, 1.807) is 7.05 Å². The molecule has 1 aliphatic heterocycles. The lowest BCUT2D eigenvalue weighted by Crippen LogP contribution is -2.30. The summed E-state index contributed by atoms with van der Waals surface area (Å²) in [6.07, 6.45) is 2.05. The van der Waals surface area contributed by atoms with Crippen molar-refractivity contribution >= 4 is 5.91 Å². The number of carbonyl (C=O) groups excluding carboxylic acids is 1. The van der Waals surface area contributed by atoms with Crippen molar-refractivity contribution in [2.75, 3.05) is 26.7 Å². The van der Waals surface area contributed by atoms with Crippen LogP contribution in [0.15, 0.2) is 0 Å². The van der Waals surface area contributed by atoms with Gasteiger partial charge in [0.25, 0.3) is 0 Å². The predicted molar refractivity (Wildman–Crippen MR) is 55.1 cm³/mol. The van der Waals surface area contributed by atoms with E-state index in [1.807, 2.05) is 0 Å². The summed E-state index contributed by atoms with van der Waals surface area (Å²) < 4.78 is 5.45. The van der Waals surface area contributed by atoms with Crippen molar-refractivity contribution in [2.45, 2.75) is 25.9 Å². The Labute approximate surface area is 85.4 Å². The fourth-order valence-corrected chi connectivity index (χ4v) is 1.66. The number of hydrogen-bond donors (Lipinski definition) is 2. The Kier molecular flexibility index (Phi) is 4.90. The highest BCUT2D eigenvalue weighted by atomic mass is 16.5. The first-order valence-corrected chi connectivity index (χ1v) is 5.27. The molecule has 2 unspecified atom stereocenters. The first-order valence-electron chi connectivity index (χ1n) is 5.27. The molecule has 4 nitrogen and oxygen atoms in total. The molecule has 0 aromatic carbocycles. The molecule has 1 rings (SSSR count). The molecule has 1 aliphatic rings. The highest BCUT2D eigenvalue weighted by Crippen LogP contribution is 2.18. The number of hydrogen-bond acceptors (Lipinski definition) is 3. The zero-order chi connectivity index (χ0) is 10.4. The van der Waals surface area contributed by atoms with Crippen molar-refractivity contribution < 1.29 is 9.53 Å². The van der Waals surface area contributed by atoms with Gasteiger partial charge in [-0.1, -0.05) is 0 Å². The van der Waals surface area contributed by atoms with Crippen LogP contribution in [-0.4, -0.2) is 38.8 Å². The molecule has 0 bridgehead atoms. The number of ether oxygens (including phenoxy) is 1. The zero-order valence-electron chi connectivity index (χ0n) is 9.01. The second-order valence-corrected chi connectivity index (χ2v) is 3.75. The van der Waals surface area contributed by atoms with Crippen molar-refractivity contribution in [1.82, 2.24) is 10.6 Å². The maximum Gasteiger partial charge on any atom is 0.221 e. The van der Waals surface area contributed by atoms with Crippen LogP contribution >= 0.6 is 0 Å². The van der Waals surface area contributed by atoms with Crippen molar-refractivity contribution in [3.05, 3.63) is 0 Å². The summed E-state index contributed by atoms with van der Waals surface area (Å²) in [5.41, 5.74) is 0. The number of nitrogens with one attached hydrogen (secondary N) is 2. The molecule has 0 spiro atoms. The van der Waals surface area contributed by atoms with Crippen molar-refractivity contribution in [3.8, 4) is 0 Å². The summed E-state index contributed by atoms with van der Waals surface area (Å²) in [5, 5.41) is 5.88. The average molecular weight is 200 g/mol. The van der Waals surface area contributed by atoms with E-state index in [0.29, 0.717) is 18.4 Å². The molecule has 0 radical (unpaired) electrons. The van der Waals surface area contributed by atoms with E-state index in [-0.39, 0.29) is 5.91 Å². The number of carbonyl (C=O) groups is 1. The third-order valence-electron chi connectivity index (χ3n) is 2.75. The lowest BCUT2D eigenvalue weighted by molar-refractivity contribution is -0.120. The van der Waals surface area contributed by atoms with Gasteiger partial charge in [0.2, 0.25) is 5.91 Å². The van der Waals surface area contributed by atoms with E-state index in [1.165, 1.54) is 0 Å². The fourth-order valence-electron chi connectivity index (χ4n) is 1.66. The summed E-state index contributed by atoms with van der Waals surface area (Å²) in [6, 6.07) is 0. The van der Waals surface area contributed by atoms with Crippen LogP contribution in [-0.2, 0) is 9.53 Å². The Balaban J connectivity index is 2.01. The fraction of sp³-hybridized carbons (Fsp3) is 0.900. The zero-order valence-corrected chi connectivity index (χ0v) is 9.01. The number of amides is 1. The van der Waals surface area contributed by atoms with Crippen LogP contribution in [0.25, 0.3) is 0 Å². The van der Waals surface area contributed by atoms with Gasteiger partial charge in [0.15, 0.2) is 0 Å². The number of rotatable bonds is 5. The van der Waals surface area contributed by atoms with Crippen molar-refractivity contribution in [3.63, 3.8) is 0 Å². The minimum absolute atomic E-state index is 0.0909. The molecule has 0 aromatic heterocycles. The molecular weight excluding hydrogens is 180 g/mol. The van der Waals surface area contributed by atoms with Gasteiger partial charge in [-0.25, -0.2) is 0 Å². The first kappa shape index (κ1) is 11.5. The van der Waals surface area contributed by atoms with Crippen LogP contribution in [0.1, 0.15) is 19.8 Å². The quantitative estimate of drug-likeness (QED) is 0.621. The third-order valence-corrected chi connectivity index (χ3v) is 2.75. The van der Waals surface area contributed by atoms with E-state index in [4.69, 9.17) is 4.74 Å². The maximum atomic E-state index is 10.9. The van der Waals surface area contributed by atoms with Gasteiger partial charge < -0.3 is 15.4 Å². The lowest BCUT2D eigenvalue weighted by atomic mass is 10.0. The molecule has 4 heteroatoms. The van der Waals surface area contributed by atoms with Gasteiger partial charge in [-0.3, -0.25) is 4.79 Å². The molecule has 1 saturated heterocycles. The first-order chi connectivity index (χ1) is 6.74. The summed E-state index contributed by atoms with van der Waals surface area (Å²) >= 11 is 0. The van der Waals surface area contributed by atoms with Crippen molar-refractivity contribution in [1.29, 1.82) is 0 Å². The van der Waals surface area contributed by atoms with Gasteiger partial charge in [-0.05, 0) is 19.3 Å². The second-order valence-electron chi connectivity index (χ2n) is 3.75. The minimum Gasteiger partial charge on any atom is -0.378 e. The minimum atomic E-state index is 0.0909. The molecule has 1 amide bonds. The maximum absolute atomic E-state index is 10.9. The Morgan fingerprint density at radius 1 is 1.57 bits per heavy atom. The Hall–Kier alpha value is -0.610. The highest BCUT2D eigenvalue weighted by molar-refractivity contribution is 5.75. The third kappa shape index (κ3) is 3.64. The molecule has 0 saturated carbocycles. The van der Waals surface area contributed by atoms with Crippen LogP contribution in [0.3, 0.4) is 0 Å². The van der Waals surface area contributed by atoms with Crippen molar-refractivity contribution in [2.24, 2.45) is 5.92 Å². The van der Waals surface area contributed by atoms with E-state index >= 15 is 0 Å². The summed E-state index contributed by atoms with van der Waals surface area (Å²) in [5.74, 6) is 0.702. The molecular formula is C10H20N2O2. The van der Waals surface area contributed by atoms with Crippen LogP contribution in [0.4, 0.5) is 0 Å². The Bertz CT molecular complexity index is 185. The SMILES string of the molecule is CNC(=O)CCNCC1CCOC1C. The topological polar surface area (TPSA) is 50.4 Å². The molecule has 1 fully saturated rings. The molecule has 82 valence electrons. The Morgan fingerprint density at radius 2 is 2.36 bits per heavy atom. The molecule has 2 N–H and O–H groups in total. The van der Waals surface area contributed by atoms with Crippen LogP contribution in [0, 0.1) is 5.92 Å². The van der Waals surface area contributed by atoms with Crippen LogP contribution < -0.4 is 10.6 Å². The lowest BCUT2D eigenvalue weighted by Gasteiger charge is -2.14. The Morgan fingerprint density at radius 3 is 2.93 bits per heavy atom. The smallest absolute Gasteiger partial charge is 0.221 e. The second kappa shape index (κ2) is 5.98.